The van der Waals surface area contributed by atoms with Crippen LogP contribution in [0.25, 0.3) is 10.4 Å². The summed E-state index contributed by atoms with van der Waals surface area (Å²) in [5.41, 5.74) is 1.09. The lowest BCUT2D eigenvalue weighted by atomic mass is 9.73. The molecule has 0 bridgehead atoms. The highest BCUT2D eigenvalue weighted by molar-refractivity contribution is 7.99. The first-order valence-corrected chi connectivity index (χ1v) is 40.1. The van der Waals surface area contributed by atoms with Crippen molar-refractivity contribution >= 4 is 83.9 Å². The highest BCUT2D eigenvalue weighted by Gasteiger charge is 2.49. The minimum atomic E-state index is -6.19. The number of unbranched alkanes of at least 4 members (excludes halogenated alkanes) is 2. The summed E-state index contributed by atoms with van der Waals surface area (Å²) in [7, 11) is -11.1. The number of β-amino-alcohol motifs (C(OH)–C–C–N with tert-alkyl or cyclic N) is 1. The molecule has 5 N–H and O–H groups in total. The van der Waals surface area contributed by atoms with Crippen LogP contribution in [0.5, 0.6) is 0 Å². The molecule has 5 amide bonds. The van der Waals surface area contributed by atoms with Gasteiger partial charge in [-0.3, -0.25) is 33.8 Å². The molecule has 1 unspecified atom stereocenters. The quantitative estimate of drug-likeness (QED) is 0.0124. The molecule has 20 nitrogen and oxygen atoms in total. The number of nitrogens with one attached hydrogen (secondary N) is 4. The SMILES string of the molecule is C=C(F)CCC1=C(CN2CCN(c3ccc(C(=O)NS(=O)(=O)c4ccc(N[C@H](CCN5CCN(C(=O)CCCCCC(=O)NC(C(=O)N6C[C@H](O)C[C@H]6C(=O)N[C@@H](C)c6ccc(-c7scnc7C)cc6)C(C)(C)C)CC5)CSc5ccccc5)c(S(=O)(=O)C(F)(F)F)c4)cc3)CC2)CCC(C)(C)C1. The Bertz CT molecular complexity index is 4060. The molecular weight excluding hydrogens is 1410 g/mol. The van der Waals surface area contributed by atoms with E-state index in [2.05, 4.69) is 56.1 Å². The van der Waals surface area contributed by atoms with E-state index in [0.29, 0.717) is 90.4 Å². The Morgan fingerprint density at radius 3 is 2.13 bits per heavy atom. The van der Waals surface area contributed by atoms with Gasteiger partial charge in [0.25, 0.3) is 25.8 Å². The number of likely N-dealkylation sites (tertiary alicyclic amines) is 1. The molecule has 5 aromatic rings. The first-order valence-electron chi connectivity index (χ1n) is 35.3. The molecule has 28 heteroatoms. The maximum absolute atomic E-state index is 14.6. The number of aryl methyl sites for hydroxylation is 1. The number of piperazine rings is 2. The number of amides is 5. The average Bonchev–Trinajstić information content (AvgIpc) is 1.06. The van der Waals surface area contributed by atoms with Crippen molar-refractivity contribution in [3.8, 4) is 10.4 Å². The van der Waals surface area contributed by atoms with Gasteiger partial charge in [-0.2, -0.15) is 13.2 Å². The summed E-state index contributed by atoms with van der Waals surface area (Å²) in [4.78, 5) is 82.4. The maximum atomic E-state index is 14.6. The molecule has 4 aliphatic rings. The van der Waals surface area contributed by atoms with E-state index in [-0.39, 0.29) is 60.2 Å². The predicted octanol–water partition coefficient (Wildman–Crippen LogP) is 11.9. The third-order valence-electron chi connectivity index (χ3n) is 19.8. The molecule has 1 aromatic heterocycles. The number of aliphatic hydroxyl groups is 1. The first-order chi connectivity index (χ1) is 48.6. The molecule has 3 aliphatic heterocycles. The van der Waals surface area contributed by atoms with Crippen LogP contribution in [0.15, 0.2) is 141 Å². The zero-order valence-electron chi connectivity index (χ0n) is 59.8. The number of sulfone groups is 1. The summed E-state index contributed by atoms with van der Waals surface area (Å²) < 4.78 is 114. The average molecular weight is 1500 g/mol. The van der Waals surface area contributed by atoms with E-state index in [4.69, 9.17) is 0 Å². The van der Waals surface area contributed by atoms with E-state index in [0.717, 1.165) is 83.3 Å². The van der Waals surface area contributed by atoms with Crippen molar-refractivity contribution in [1.82, 2.24) is 39.9 Å². The molecule has 0 saturated carbocycles. The third-order valence-corrected chi connectivity index (χ3v) is 24.8. The Hall–Kier alpha value is -7.21. The number of hydrogen-bond donors (Lipinski definition) is 5. The number of thiazole rings is 1. The number of halogens is 4. The van der Waals surface area contributed by atoms with Gasteiger partial charge in [0.05, 0.1) is 44.6 Å². The minimum Gasteiger partial charge on any atom is -0.391 e. The molecule has 4 aromatic carbocycles. The Labute approximate surface area is 611 Å². The lowest BCUT2D eigenvalue weighted by molar-refractivity contribution is -0.144. The summed E-state index contributed by atoms with van der Waals surface area (Å²) in [6.07, 6.45) is 5.16. The van der Waals surface area contributed by atoms with Crippen LogP contribution in [0, 0.1) is 17.8 Å². The second-order valence-corrected chi connectivity index (χ2v) is 34.9. The molecule has 9 rings (SSSR count). The van der Waals surface area contributed by atoms with Gasteiger partial charge in [-0.15, -0.1) is 23.1 Å². The van der Waals surface area contributed by atoms with Crippen LogP contribution in [0.3, 0.4) is 0 Å². The summed E-state index contributed by atoms with van der Waals surface area (Å²) in [6.45, 7) is 22.9. The van der Waals surface area contributed by atoms with Crippen molar-refractivity contribution < 1.29 is 63.5 Å². The van der Waals surface area contributed by atoms with Gasteiger partial charge in [-0.25, -0.2) is 30.9 Å². The zero-order chi connectivity index (χ0) is 74.6. The van der Waals surface area contributed by atoms with Gasteiger partial charge < -0.3 is 35.8 Å². The van der Waals surface area contributed by atoms with Crippen molar-refractivity contribution in [1.29, 1.82) is 0 Å². The Morgan fingerprint density at radius 1 is 0.816 bits per heavy atom. The van der Waals surface area contributed by atoms with Crippen LogP contribution in [0.2, 0.25) is 0 Å². The van der Waals surface area contributed by atoms with Crippen LogP contribution in [0.1, 0.15) is 146 Å². The predicted molar refractivity (Wildman–Crippen MR) is 395 cm³/mol. The van der Waals surface area contributed by atoms with E-state index >= 15 is 0 Å². The number of aromatic nitrogens is 1. The minimum absolute atomic E-state index is 0.0457. The normalized spacial score (nSPS) is 18.8. The van der Waals surface area contributed by atoms with Crippen LogP contribution in [-0.4, -0.2) is 184 Å². The van der Waals surface area contributed by atoms with Crippen LogP contribution < -0.4 is 25.6 Å². The first kappa shape index (κ1) is 79.9. The Kier molecular flexibility index (Phi) is 27.0. The zero-order valence-corrected chi connectivity index (χ0v) is 63.1. The molecular formula is C75H98F4N10O10S4. The summed E-state index contributed by atoms with van der Waals surface area (Å²) in [5, 5.41) is 19.7. The smallest absolute Gasteiger partial charge is 0.391 e. The van der Waals surface area contributed by atoms with E-state index in [1.807, 2.05) is 93.9 Å². The molecule has 0 spiro atoms. The molecule has 4 heterocycles. The fraction of sp³-hybridized carbons (Fsp3) is 0.520. The number of nitrogens with zero attached hydrogens (tertiary/aromatic N) is 6. The molecule has 5 atom stereocenters. The maximum Gasteiger partial charge on any atom is 0.501 e. The largest absolute Gasteiger partial charge is 0.501 e. The lowest BCUT2D eigenvalue weighted by Crippen LogP contribution is -2.57. The van der Waals surface area contributed by atoms with Gasteiger partial charge in [0.1, 0.15) is 17.0 Å². The monoisotopic (exact) mass is 1500 g/mol. The van der Waals surface area contributed by atoms with Gasteiger partial charge >= 0.3 is 5.51 Å². The highest BCUT2D eigenvalue weighted by atomic mass is 32.2. The van der Waals surface area contributed by atoms with Gasteiger partial charge in [-0.1, -0.05) is 101 Å². The highest BCUT2D eigenvalue weighted by Crippen LogP contribution is 2.42. The third kappa shape index (κ3) is 21.7. The molecule has 560 valence electrons. The number of carbonyl (C=O) groups excluding carboxylic acids is 5. The number of allylic oxidation sites excluding steroid dienone is 2. The summed E-state index contributed by atoms with van der Waals surface area (Å²) >= 11 is 2.93. The van der Waals surface area contributed by atoms with E-state index in [1.54, 1.807) is 33.9 Å². The van der Waals surface area contributed by atoms with E-state index in [1.165, 1.54) is 39.9 Å². The van der Waals surface area contributed by atoms with E-state index in [9.17, 15) is 63.5 Å². The second-order valence-electron chi connectivity index (χ2n) is 29.3. The molecule has 1 aliphatic carbocycles. The molecule has 3 saturated heterocycles. The number of anilines is 2. The lowest BCUT2D eigenvalue weighted by Gasteiger charge is -2.39. The van der Waals surface area contributed by atoms with Gasteiger partial charge in [0, 0.05) is 126 Å². The van der Waals surface area contributed by atoms with Crippen molar-refractivity contribution in [3.05, 3.63) is 143 Å². The van der Waals surface area contributed by atoms with Crippen molar-refractivity contribution in [2.24, 2.45) is 10.8 Å². The Morgan fingerprint density at radius 2 is 1.49 bits per heavy atom. The fourth-order valence-electron chi connectivity index (χ4n) is 13.7. The number of hydrogen-bond acceptors (Lipinski definition) is 17. The number of thioether (sulfide) groups is 1. The topological polar surface area (TPSA) is 251 Å². The molecule has 103 heavy (non-hydrogen) atoms. The summed E-state index contributed by atoms with van der Waals surface area (Å²) in [5.74, 6) is -2.45. The van der Waals surface area contributed by atoms with Gasteiger partial charge in [0.2, 0.25) is 23.6 Å². The summed E-state index contributed by atoms with van der Waals surface area (Å²) in [6, 6.07) is 22.6. The van der Waals surface area contributed by atoms with Crippen molar-refractivity contribution in [2.75, 3.05) is 88.0 Å². The van der Waals surface area contributed by atoms with Crippen molar-refractivity contribution in [3.63, 3.8) is 0 Å². The number of sulfonamides is 1. The number of carbonyl (C=O) groups is 5. The van der Waals surface area contributed by atoms with Crippen LogP contribution >= 0.6 is 23.1 Å². The molecule has 3 fully saturated rings. The Balaban J connectivity index is 0.742. The number of rotatable bonds is 30. The van der Waals surface area contributed by atoms with Crippen molar-refractivity contribution in [2.45, 2.75) is 176 Å². The van der Waals surface area contributed by atoms with Crippen LogP contribution in [-0.2, 0) is 39.0 Å². The van der Waals surface area contributed by atoms with Crippen LogP contribution in [0.4, 0.5) is 28.9 Å². The standard InChI is InChI=1S/C75H98F4N10O10S4/c1-50(76)19-20-56-45-74(7,8)33-31-57(56)46-86-37-39-87(40-38-86)59-27-25-55(26-28-59)70(93)84-103(98,99)62-29-30-63(65(44-62)102(96,97)75(77,78)79)82-58(48-100-61-15-11-9-12-16-61)32-34-85-35-41-88(42-36-85)67(92)18-14-10-13-17-66(91)83-69(73(4,5)6)72(95)89-47-60(90)43-64(89)71(94)81-51(2)53-21-23-54(24-22-53)68-52(3)80-49-101-68/h9,11-12,15-16,21-30,44,49,51,58,60,64,69,82,90H,1,10,13-14,17-20,31-43,45-48H2,2-8H3,(H,81,94)(H,83,91)(H,84,93)/t51-,58+,60+,64-,69?/m0/s1. The van der Waals surface area contributed by atoms with Gasteiger partial charge in [0.15, 0.2) is 0 Å². The fourth-order valence-corrected chi connectivity index (χ4v) is 17.5. The van der Waals surface area contributed by atoms with Gasteiger partial charge in [-0.05, 0) is 135 Å². The molecule has 0 radical (unpaired) electrons. The van der Waals surface area contributed by atoms with E-state index < -0.39 is 94.3 Å². The second kappa shape index (κ2) is 34.8. The number of aliphatic hydroxyl groups excluding tert-OH is 1. The number of alkyl halides is 3. The number of benzene rings is 4.